The third-order valence-electron chi connectivity index (χ3n) is 6.81. The van der Waals surface area contributed by atoms with Gasteiger partial charge in [-0.25, -0.2) is 15.0 Å². The lowest BCUT2D eigenvalue weighted by Crippen LogP contribution is -2.00. The van der Waals surface area contributed by atoms with E-state index in [9.17, 15) is 5.48 Å². The van der Waals surface area contributed by atoms with Gasteiger partial charge in [-0.2, -0.15) is 0 Å². The van der Waals surface area contributed by atoms with Crippen LogP contribution in [0.4, 0.5) is 0 Å². The summed E-state index contributed by atoms with van der Waals surface area (Å²) in [4.78, 5) is 13.4. The summed E-state index contributed by atoms with van der Waals surface area (Å²) in [7, 11) is 0. The summed E-state index contributed by atoms with van der Waals surface area (Å²) >= 11 is 0. The molecule has 0 atom stereocenters. The number of hydrogen-bond donors (Lipinski definition) is 0. The minimum Gasteiger partial charge on any atom is -0.456 e. The van der Waals surface area contributed by atoms with E-state index in [-0.39, 0.29) is 39.5 Å². The van der Waals surface area contributed by atoms with E-state index in [1.807, 2.05) is 18.2 Å². The lowest BCUT2D eigenvalue weighted by Gasteiger charge is -2.10. The van der Waals surface area contributed by atoms with Gasteiger partial charge >= 0.3 is 0 Å². The first-order valence-corrected chi connectivity index (χ1v) is 13.1. The molecule has 0 unspecified atom stereocenters. The molecule has 8 aromatic rings. The van der Waals surface area contributed by atoms with E-state index in [0.717, 1.165) is 0 Å². The summed E-state index contributed by atoms with van der Waals surface area (Å²) in [5.41, 5.74) is 1.18. The predicted molar refractivity (Wildman–Crippen MR) is 174 cm³/mol. The molecule has 0 aliphatic carbocycles. The average Bonchev–Trinajstić information content (AvgIpc) is 3.60. The molecular formula is C39H25N3O. The predicted octanol–water partition coefficient (Wildman–Crippen LogP) is 10.1. The Kier molecular flexibility index (Phi) is 3.51. The Labute approximate surface area is 268 Å². The smallest absolute Gasteiger partial charge is 0.164 e. The van der Waals surface area contributed by atoms with Crippen molar-refractivity contribution in [2.45, 2.75) is 0 Å². The Morgan fingerprint density at radius 1 is 0.419 bits per heavy atom. The Bertz CT molecular complexity index is 2930. The number of fused-ring (bicyclic) bond motifs is 3. The third kappa shape index (κ3) is 4.65. The van der Waals surface area contributed by atoms with E-state index >= 15 is 0 Å². The first kappa shape index (κ1) is 14.3. The van der Waals surface area contributed by atoms with Gasteiger partial charge in [0.25, 0.3) is 0 Å². The normalized spacial score (nSPS) is 15.8. The molecule has 0 aliphatic rings. The molecule has 0 amide bonds. The SMILES string of the molecule is [2H]c1c([2H])c([2H])c(-c2ccc(-c3nc(-c4c([2H])c([2H])c([2H])c([2H])c4[2H])nc(-c4c([2H])c([2H])c(-c5cccc6oc7ccccc7c56)c([2H])c4[2H])n3)cc2)c([2H])c1[2H]. The van der Waals surface area contributed by atoms with Crippen molar-refractivity contribution in [2.24, 2.45) is 0 Å². The second-order valence-corrected chi connectivity index (χ2v) is 9.41. The number of nitrogens with zero attached hydrogens (tertiary/aromatic N) is 3. The molecule has 0 aliphatic heterocycles. The van der Waals surface area contributed by atoms with Crippen LogP contribution in [0.2, 0.25) is 0 Å². The molecule has 6 aromatic carbocycles. The molecule has 202 valence electrons. The molecule has 43 heavy (non-hydrogen) atoms. The van der Waals surface area contributed by atoms with Crippen molar-refractivity contribution in [2.75, 3.05) is 0 Å². The summed E-state index contributed by atoms with van der Waals surface area (Å²) in [5.74, 6) is -0.936. The first-order chi connectivity index (χ1) is 27.1. The highest BCUT2D eigenvalue weighted by atomic mass is 16.3. The van der Waals surface area contributed by atoms with E-state index in [1.165, 1.54) is 24.3 Å². The summed E-state index contributed by atoms with van der Waals surface area (Å²) in [6.45, 7) is 0. The summed E-state index contributed by atoms with van der Waals surface area (Å²) in [5, 5.41) is 1.31. The monoisotopic (exact) mass is 565 g/mol. The molecule has 4 heteroatoms. The topological polar surface area (TPSA) is 51.8 Å². The maximum atomic E-state index is 9.19. The Morgan fingerprint density at radius 2 is 0.953 bits per heavy atom. The molecule has 2 aromatic heterocycles. The second kappa shape index (κ2) is 10.5. The molecular weight excluding hydrogens is 526 g/mol. The fourth-order valence-corrected chi connectivity index (χ4v) is 4.81. The van der Waals surface area contributed by atoms with E-state index in [2.05, 4.69) is 15.0 Å². The maximum absolute atomic E-state index is 9.19. The Balaban J connectivity index is 1.36. The van der Waals surface area contributed by atoms with Gasteiger partial charge in [0.1, 0.15) is 11.2 Å². The molecule has 0 bridgehead atoms. The molecule has 0 spiro atoms. The van der Waals surface area contributed by atoms with Gasteiger partial charge in [0, 0.05) is 27.5 Å². The highest BCUT2D eigenvalue weighted by Gasteiger charge is 2.15. The Hall–Kier alpha value is -5.87. The van der Waals surface area contributed by atoms with Gasteiger partial charge in [-0.1, -0.05) is 139 Å². The standard InChI is InChI=1S/C39H25N3O/c1-3-10-26(11-4-1)27-18-22-30(23-19-27)38-40-37(29-12-5-2-6-13-29)41-39(42-38)31-24-20-28(21-25-31)32-15-9-17-35-36(32)33-14-7-8-16-34(33)43-35/h1-25H/i1D,2D,3D,4D,5D,6D,10D,11D,12D,13D,20D,21D,24D,25D. The zero-order valence-electron chi connectivity index (χ0n) is 36.1. The van der Waals surface area contributed by atoms with Crippen molar-refractivity contribution in [1.29, 1.82) is 0 Å². The van der Waals surface area contributed by atoms with Crippen LogP contribution in [-0.2, 0) is 0 Å². The fourth-order valence-electron chi connectivity index (χ4n) is 4.81. The van der Waals surface area contributed by atoms with Gasteiger partial charge in [-0.3, -0.25) is 0 Å². The quantitative estimate of drug-likeness (QED) is 0.208. The number of aromatic nitrogens is 3. The molecule has 0 saturated carbocycles. The van der Waals surface area contributed by atoms with Crippen LogP contribution in [0.5, 0.6) is 0 Å². The van der Waals surface area contributed by atoms with E-state index in [0.29, 0.717) is 27.5 Å². The van der Waals surface area contributed by atoms with Crippen molar-refractivity contribution in [3.63, 3.8) is 0 Å². The minimum absolute atomic E-state index is 0.00531. The van der Waals surface area contributed by atoms with Crippen LogP contribution in [-0.4, -0.2) is 15.0 Å². The fraction of sp³-hybridized carbons (Fsp3) is 0. The molecule has 0 fully saturated rings. The average molecular weight is 566 g/mol. The van der Waals surface area contributed by atoms with Gasteiger partial charge in [0.2, 0.25) is 0 Å². The van der Waals surface area contributed by atoms with Crippen molar-refractivity contribution in [1.82, 2.24) is 15.0 Å². The van der Waals surface area contributed by atoms with Crippen LogP contribution in [0.1, 0.15) is 19.2 Å². The number of furan rings is 1. The van der Waals surface area contributed by atoms with Crippen molar-refractivity contribution in [3.8, 4) is 56.4 Å². The van der Waals surface area contributed by atoms with E-state index < -0.39 is 96.0 Å². The molecule has 4 nitrogen and oxygen atoms in total. The van der Waals surface area contributed by atoms with Gasteiger partial charge in [0.15, 0.2) is 17.5 Å². The maximum Gasteiger partial charge on any atom is 0.164 e. The van der Waals surface area contributed by atoms with Crippen LogP contribution >= 0.6 is 0 Å². The minimum atomic E-state index is -0.660. The Morgan fingerprint density at radius 3 is 1.65 bits per heavy atom. The van der Waals surface area contributed by atoms with Gasteiger partial charge in [-0.05, 0) is 34.4 Å². The van der Waals surface area contributed by atoms with Crippen LogP contribution < -0.4 is 0 Å². The zero-order chi connectivity index (χ0) is 40.8. The zero-order valence-corrected chi connectivity index (χ0v) is 22.1. The van der Waals surface area contributed by atoms with Crippen LogP contribution in [0.3, 0.4) is 0 Å². The highest BCUT2D eigenvalue weighted by molar-refractivity contribution is 6.12. The molecule has 0 N–H and O–H groups in total. The summed E-state index contributed by atoms with van der Waals surface area (Å²) < 4.78 is 125. The summed E-state index contributed by atoms with van der Waals surface area (Å²) in [6, 6.07) is 10.8. The van der Waals surface area contributed by atoms with Crippen molar-refractivity contribution >= 4 is 21.9 Å². The molecule has 2 heterocycles. The van der Waals surface area contributed by atoms with E-state index in [4.69, 9.17) is 18.1 Å². The highest BCUT2D eigenvalue weighted by Crippen LogP contribution is 2.37. The second-order valence-electron chi connectivity index (χ2n) is 9.41. The first-order valence-electron chi connectivity index (χ1n) is 20.1. The third-order valence-corrected chi connectivity index (χ3v) is 6.81. The van der Waals surface area contributed by atoms with Crippen LogP contribution in [0.25, 0.3) is 78.4 Å². The van der Waals surface area contributed by atoms with Crippen LogP contribution in [0.15, 0.2) is 156 Å². The molecule has 0 saturated heterocycles. The number of hydrogen-bond acceptors (Lipinski definition) is 4. The van der Waals surface area contributed by atoms with E-state index in [1.54, 1.807) is 24.3 Å². The number of benzene rings is 6. The largest absolute Gasteiger partial charge is 0.456 e. The molecule has 0 radical (unpaired) electrons. The van der Waals surface area contributed by atoms with Crippen molar-refractivity contribution in [3.05, 3.63) is 151 Å². The lowest BCUT2D eigenvalue weighted by molar-refractivity contribution is 0.669. The number of rotatable bonds is 5. The van der Waals surface area contributed by atoms with Gasteiger partial charge in [-0.15, -0.1) is 0 Å². The number of para-hydroxylation sites is 1. The van der Waals surface area contributed by atoms with Gasteiger partial charge < -0.3 is 4.42 Å². The summed E-state index contributed by atoms with van der Waals surface area (Å²) in [6.07, 6.45) is 0. The lowest BCUT2D eigenvalue weighted by atomic mass is 9.98. The molecule has 8 rings (SSSR count). The van der Waals surface area contributed by atoms with Crippen LogP contribution in [0, 0.1) is 0 Å². The van der Waals surface area contributed by atoms with Gasteiger partial charge in [0.05, 0.1) is 19.2 Å². The van der Waals surface area contributed by atoms with Crippen molar-refractivity contribution < 1.29 is 23.6 Å².